The summed E-state index contributed by atoms with van der Waals surface area (Å²) in [7, 11) is 1.18. The van der Waals surface area contributed by atoms with Crippen LogP contribution in [-0.2, 0) is 4.74 Å². The highest BCUT2D eigenvalue weighted by molar-refractivity contribution is 5.89. The Morgan fingerprint density at radius 3 is 2.88 bits per heavy atom. The molecule has 1 aliphatic heterocycles. The van der Waals surface area contributed by atoms with Crippen LogP contribution in [-0.4, -0.2) is 24.3 Å². The molecule has 0 bridgehead atoms. The Kier molecular flexibility index (Phi) is 2.31. The van der Waals surface area contributed by atoms with E-state index in [9.17, 15) is 18.7 Å². The van der Waals surface area contributed by atoms with Gasteiger partial charge in [-0.15, -0.1) is 0 Å². The second-order valence-electron chi connectivity index (χ2n) is 3.31. The van der Waals surface area contributed by atoms with Crippen molar-refractivity contribution < 1.29 is 28.2 Å². The third kappa shape index (κ3) is 1.51. The molecule has 0 amide bonds. The average Bonchev–Trinajstić information content (AvgIpc) is 2.48. The predicted molar refractivity (Wildman–Crippen MR) is 48.3 cm³/mol. The van der Waals surface area contributed by atoms with Crippen LogP contribution < -0.4 is 4.74 Å². The Balaban J connectivity index is 2.43. The molecule has 16 heavy (non-hydrogen) atoms. The Morgan fingerprint density at radius 2 is 2.25 bits per heavy atom. The first-order chi connectivity index (χ1) is 7.45. The topological polar surface area (TPSA) is 55.8 Å². The number of aliphatic hydroxyl groups is 1. The fraction of sp³-hybridized carbons (Fsp3) is 0.300. The van der Waals surface area contributed by atoms with Crippen molar-refractivity contribution in [3.8, 4) is 5.75 Å². The third-order valence-corrected chi connectivity index (χ3v) is 2.29. The first-order valence-corrected chi connectivity index (χ1v) is 4.43. The SMILES string of the molecule is COC(=O)c1ccc2c(c1)C(O)C(F)(F)O2. The molecule has 0 aromatic heterocycles. The van der Waals surface area contributed by atoms with Crippen LogP contribution in [0.15, 0.2) is 18.2 Å². The van der Waals surface area contributed by atoms with Crippen LogP contribution in [0.25, 0.3) is 0 Å². The van der Waals surface area contributed by atoms with Gasteiger partial charge in [-0.2, -0.15) is 8.78 Å². The van der Waals surface area contributed by atoms with Gasteiger partial charge in [-0.25, -0.2) is 4.79 Å². The molecule has 1 N–H and O–H groups in total. The van der Waals surface area contributed by atoms with Crippen molar-refractivity contribution in [2.24, 2.45) is 0 Å². The molecule has 1 aromatic carbocycles. The van der Waals surface area contributed by atoms with E-state index in [2.05, 4.69) is 9.47 Å². The molecule has 86 valence electrons. The van der Waals surface area contributed by atoms with Crippen LogP contribution in [0.4, 0.5) is 8.78 Å². The number of carbonyl (C=O) groups excluding carboxylic acids is 1. The number of benzene rings is 1. The third-order valence-electron chi connectivity index (χ3n) is 2.29. The lowest BCUT2D eigenvalue weighted by Gasteiger charge is -2.11. The molecular formula is C10H8F2O4. The van der Waals surface area contributed by atoms with E-state index < -0.39 is 18.2 Å². The summed E-state index contributed by atoms with van der Waals surface area (Å²) in [6.45, 7) is 0. The van der Waals surface area contributed by atoms with Crippen molar-refractivity contribution in [3.05, 3.63) is 29.3 Å². The van der Waals surface area contributed by atoms with Crippen molar-refractivity contribution in [3.63, 3.8) is 0 Å². The second kappa shape index (κ2) is 3.41. The largest absolute Gasteiger partial charge is 0.465 e. The first kappa shape index (κ1) is 10.8. The number of carbonyl (C=O) groups is 1. The van der Waals surface area contributed by atoms with E-state index in [-0.39, 0.29) is 16.9 Å². The summed E-state index contributed by atoms with van der Waals surface area (Å²) in [5.74, 6) is -0.796. The number of hydrogen-bond donors (Lipinski definition) is 1. The van der Waals surface area contributed by atoms with Gasteiger partial charge in [0.15, 0.2) is 6.10 Å². The standard InChI is InChI=1S/C10H8F2O4/c1-15-9(14)5-2-3-7-6(4-5)8(13)10(11,12)16-7/h2-4,8,13H,1H3. The zero-order valence-electron chi connectivity index (χ0n) is 8.24. The van der Waals surface area contributed by atoms with Gasteiger partial charge in [0.2, 0.25) is 0 Å². The monoisotopic (exact) mass is 230 g/mol. The van der Waals surface area contributed by atoms with Gasteiger partial charge in [0.05, 0.1) is 12.7 Å². The fourth-order valence-electron chi connectivity index (χ4n) is 1.48. The van der Waals surface area contributed by atoms with Crippen LogP contribution in [0.3, 0.4) is 0 Å². The molecular weight excluding hydrogens is 222 g/mol. The maximum Gasteiger partial charge on any atom is 0.429 e. The zero-order chi connectivity index (χ0) is 11.9. The van der Waals surface area contributed by atoms with E-state index in [1.165, 1.54) is 19.2 Å². The van der Waals surface area contributed by atoms with Crippen molar-refractivity contribution in [1.29, 1.82) is 0 Å². The molecule has 1 aromatic rings. The Hall–Kier alpha value is -1.69. The zero-order valence-corrected chi connectivity index (χ0v) is 8.24. The average molecular weight is 230 g/mol. The van der Waals surface area contributed by atoms with E-state index in [0.29, 0.717) is 0 Å². The van der Waals surface area contributed by atoms with Gasteiger partial charge in [-0.05, 0) is 18.2 Å². The van der Waals surface area contributed by atoms with Crippen molar-refractivity contribution in [2.75, 3.05) is 7.11 Å². The molecule has 1 atom stereocenters. The van der Waals surface area contributed by atoms with E-state index in [4.69, 9.17) is 0 Å². The Labute approximate surface area is 89.4 Å². The van der Waals surface area contributed by atoms with Gasteiger partial charge in [-0.3, -0.25) is 0 Å². The minimum Gasteiger partial charge on any atom is -0.465 e. The van der Waals surface area contributed by atoms with Crippen molar-refractivity contribution in [1.82, 2.24) is 0 Å². The maximum absolute atomic E-state index is 13.0. The number of halogens is 2. The van der Waals surface area contributed by atoms with E-state index in [0.717, 1.165) is 6.07 Å². The van der Waals surface area contributed by atoms with Gasteiger partial charge < -0.3 is 14.6 Å². The summed E-state index contributed by atoms with van der Waals surface area (Å²) >= 11 is 0. The number of esters is 1. The van der Waals surface area contributed by atoms with Crippen LogP contribution in [0, 0.1) is 0 Å². The molecule has 0 saturated heterocycles. The fourth-order valence-corrected chi connectivity index (χ4v) is 1.48. The molecule has 1 aliphatic rings. The molecule has 6 heteroatoms. The van der Waals surface area contributed by atoms with Crippen LogP contribution in [0.1, 0.15) is 22.0 Å². The van der Waals surface area contributed by atoms with Gasteiger partial charge in [-0.1, -0.05) is 0 Å². The highest BCUT2D eigenvalue weighted by atomic mass is 19.3. The van der Waals surface area contributed by atoms with Crippen molar-refractivity contribution in [2.45, 2.75) is 12.2 Å². The van der Waals surface area contributed by atoms with E-state index in [1.54, 1.807) is 0 Å². The normalized spacial score (nSPS) is 21.1. The van der Waals surface area contributed by atoms with Crippen LogP contribution in [0.2, 0.25) is 0 Å². The summed E-state index contributed by atoms with van der Waals surface area (Å²) in [5.41, 5.74) is -0.0329. The van der Waals surface area contributed by atoms with Crippen molar-refractivity contribution >= 4 is 5.97 Å². The molecule has 0 aliphatic carbocycles. The quantitative estimate of drug-likeness (QED) is 0.742. The molecule has 4 nitrogen and oxygen atoms in total. The number of alkyl halides is 2. The summed E-state index contributed by atoms with van der Waals surface area (Å²) < 4.78 is 34.6. The van der Waals surface area contributed by atoms with E-state index >= 15 is 0 Å². The van der Waals surface area contributed by atoms with Gasteiger partial charge in [0, 0.05) is 5.56 Å². The molecule has 0 radical (unpaired) electrons. The van der Waals surface area contributed by atoms with Gasteiger partial charge in [0.25, 0.3) is 0 Å². The highest BCUT2D eigenvalue weighted by Gasteiger charge is 2.49. The maximum atomic E-state index is 13.0. The number of aliphatic hydroxyl groups excluding tert-OH is 1. The second-order valence-corrected chi connectivity index (χ2v) is 3.31. The Bertz CT molecular complexity index is 444. The molecule has 2 rings (SSSR count). The summed E-state index contributed by atoms with van der Waals surface area (Å²) in [6, 6.07) is 3.62. The van der Waals surface area contributed by atoms with Gasteiger partial charge in [0.1, 0.15) is 5.75 Å². The molecule has 0 spiro atoms. The predicted octanol–water partition coefficient (Wildman–Crippen LogP) is 1.49. The highest BCUT2D eigenvalue weighted by Crippen LogP contribution is 2.45. The molecule has 1 unspecified atom stereocenters. The molecule has 0 saturated carbocycles. The number of methoxy groups -OCH3 is 1. The lowest BCUT2D eigenvalue weighted by molar-refractivity contribution is -0.224. The minimum atomic E-state index is -3.66. The summed E-state index contributed by atoms with van der Waals surface area (Å²) in [4.78, 5) is 11.1. The summed E-state index contributed by atoms with van der Waals surface area (Å²) in [6.07, 6.45) is -5.72. The van der Waals surface area contributed by atoms with Crippen LogP contribution >= 0.6 is 0 Å². The molecule has 1 heterocycles. The number of ether oxygens (including phenoxy) is 2. The number of fused-ring (bicyclic) bond motifs is 1. The smallest absolute Gasteiger partial charge is 0.429 e. The lowest BCUT2D eigenvalue weighted by Crippen LogP contribution is -2.26. The minimum absolute atomic E-state index is 0.0848. The van der Waals surface area contributed by atoms with Gasteiger partial charge >= 0.3 is 12.1 Å². The Morgan fingerprint density at radius 1 is 1.56 bits per heavy atom. The number of hydrogen-bond acceptors (Lipinski definition) is 4. The van der Waals surface area contributed by atoms with Crippen LogP contribution in [0.5, 0.6) is 5.75 Å². The number of rotatable bonds is 1. The van der Waals surface area contributed by atoms with E-state index in [1.807, 2.05) is 0 Å². The first-order valence-electron chi connectivity index (χ1n) is 4.43. The lowest BCUT2D eigenvalue weighted by atomic mass is 10.1. The molecule has 0 fully saturated rings. The summed E-state index contributed by atoms with van der Waals surface area (Å²) in [5, 5.41) is 9.26.